The summed E-state index contributed by atoms with van der Waals surface area (Å²) in [5.41, 5.74) is 0.725. The summed E-state index contributed by atoms with van der Waals surface area (Å²) in [6.07, 6.45) is -0.907. The minimum atomic E-state index is -4.39. The van der Waals surface area contributed by atoms with Crippen molar-refractivity contribution in [1.29, 1.82) is 0 Å². The number of aromatic nitrogens is 1. The summed E-state index contributed by atoms with van der Waals surface area (Å²) in [6, 6.07) is 8.29. The number of benzene rings is 1. The maximum Gasteiger partial charge on any atom is 0.411 e. The van der Waals surface area contributed by atoms with Crippen LogP contribution in [0.2, 0.25) is 0 Å². The highest BCUT2D eigenvalue weighted by molar-refractivity contribution is 6.08. The molecule has 3 aliphatic rings. The van der Waals surface area contributed by atoms with E-state index >= 15 is 0 Å². The van der Waals surface area contributed by atoms with Gasteiger partial charge in [0.05, 0.1) is 12.1 Å². The van der Waals surface area contributed by atoms with Crippen LogP contribution in [-0.4, -0.2) is 58.2 Å². The summed E-state index contributed by atoms with van der Waals surface area (Å²) in [4.78, 5) is 27.7. The first-order valence-electron chi connectivity index (χ1n) is 12.6. The predicted molar refractivity (Wildman–Crippen MR) is 127 cm³/mol. The Balaban J connectivity index is 1.18. The zero-order chi connectivity index (χ0) is 25.0. The molecule has 5 rings (SSSR count). The Bertz CT molecular complexity index is 1120. The summed E-state index contributed by atoms with van der Waals surface area (Å²) < 4.78 is 41.7. The van der Waals surface area contributed by atoms with Crippen molar-refractivity contribution in [2.75, 3.05) is 13.1 Å². The van der Waals surface area contributed by atoms with Gasteiger partial charge in [0.1, 0.15) is 5.54 Å². The second-order valence-corrected chi connectivity index (χ2v) is 10.5. The average Bonchev–Trinajstić information content (AvgIpc) is 3.49. The van der Waals surface area contributed by atoms with Gasteiger partial charge in [0.2, 0.25) is 5.91 Å². The van der Waals surface area contributed by atoms with Crippen molar-refractivity contribution >= 4 is 22.7 Å². The minimum absolute atomic E-state index is 0.0158. The number of halogens is 3. The lowest BCUT2D eigenvalue weighted by atomic mass is 9.90. The number of nitrogens with zero attached hydrogens (tertiary/aromatic N) is 2. The van der Waals surface area contributed by atoms with Crippen LogP contribution in [0.4, 0.5) is 13.2 Å². The number of carbonyl (C=O) groups is 2. The minimum Gasteiger partial charge on any atom is -0.352 e. The van der Waals surface area contributed by atoms with Crippen molar-refractivity contribution in [3.63, 3.8) is 0 Å². The highest BCUT2D eigenvalue weighted by Gasteiger charge is 2.64. The molecule has 2 N–H and O–H groups in total. The lowest BCUT2D eigenvalue weighted by Crippen LogP contribution is -2.54. The van der Waals surface area contributed by atoms with Crippen LogP contribution >= 0.6 is 0 Å². The molecule has 1 aromatic carbocycles. The molecule has 3 fully saturated rings. The van der Waals surface area contributed by atoms with Crippen LogP contribution in [-0.2, 0) is 11.3 Å². The molecule has 35 heavy (non-hydrogen) atoms. The number of carbonyl (C=O) groups excluding carboxylic acids is 2. The van der Waals surface area contributed by atoms with E-state index in [2.05, 4.69) is 27.0 Å². The smallest absolute Gasteiger partial charge is 0.352 e. The van der Waals surface area contributed by atoms with E-state index in [0.717, 1.165) is 54.4 Å². The van der Waals surface area contributed by atoms with Crippen molar-refractivity contribution in [3.8, 4) is 0 Å². The summed E-state index contributed by atoms with van der Waals surface area (Å²) in [5, 5.41) is 6.36. The number of hydrogen-bond donors (Lipinski definition) is 2. The second kappa shape index (κ2) is 8.84. The number of amides is 2. The van der Waals surface area contributed by atoms with Crippen LogP contribution in [0.25, 0.3) is 10.9 Å². The third kappa shape index (κ3) is 4.32. The van der Waals surface area contributed by atoms with Crippen molar-refractivity contribution in [2.24, 2.45) is 5.92 Å². The van der Waals surface area contributed by atoms with Crippen LogP contribution in [0, 0.1) is 12.8 Å². The SMILES string of the molecule is CCn1c(C)c(C(=O)NC[C@@H]2C[C@H]3CC[C@@H](C2)N3CC(=O)NC2(C(F)(F)F)CC2)c2ccccc21. The van der Waals surface area contributed by atoms with Gasteiger partial charge in [-0.25, -0.2) is 0 Å². The predicted octanol–water partition coefficient (Wildman–Crippen LogP) is 4.15. The fourth-order valence-corrected chi connectivity index (χ4v) is 6.34. The number of para-hydroxylation sites is 1. The van der Waals surface area contributed by atoms with Crippen LogP contribution < -0.4 is 10.6 Å². The van der Waals surface area contributed by atoms with Crippen LogP contribution in [0.3, 0.4) is 0 Å². The summed E-state index contributed by atoms with van der Waals surface area (Å²) in [6.45, 7) is 5.42. The molecule has 3 heterocycles. The molecule has 1 aliphatic carbocycles. The number of rotatable bonds is 7. The normalized spacial score (nSPS) is 25.6. The lowest BCUT2D eigenvalue weighted by molar-refractivity contribution is -0.170. The molecule has 2 amide bonds. The van der Waals surface area contributed by atoms with Gasteiger partial charge in [0.15, 0.2) is 0 Å². The van der Waals surface area contributed by atoms with E-state index in [1.54, 1.807) is 0 Å². The topological polar surface area (TPSA) is 66.4 Å². The highest BCUT2D eigenvalue weighted by Crippen LogP contribution is 2.49. The molecule has 2 aromatic rings. The van der Waals surface area contributed by atoms with Gasteiger partial charge in [-0.2, -0.15) is 13.2 Å². The van der Waals surface area contributed by atoms with Gasteiger partial charge < -0.3 is 15.2 Å². The third-order valence-corrected chi connectivity index (χ3v) is 8.30. The molecule has 0 radical (unpaired) electrons. The van der Waals surface area contributed by atoms with Crippen LogP contribution in [0.15, 0.2) is 24.3 Å². The quantitative estimate of drug-likeness (QED) is 0.613. The summed E-state index contributed by atoms with van der Waals surface area (Å²) >= 11 is 0. The van der Waals surface area contributed by atoms with E-state index < -0.39 is 17.6 Å². The van der Waals surface area contributed by atoms with Gasteiger partial charge in [0.25, 0.3) is 5.91 Å². The Labute approximate surface area is 203 Å². The van der Waals surface area contributed by atoms with Crippen molar-refractivity contribution in [1.82, 2.24) is 20.1 Å². The van der Waals surface area contributed by atoms with Crippen LogP contribution in [0.5, 0.6) is 0 Å². The Morgan fingerprint density at radius 1 is 1.11 bits per heavy atom. The molecule has 190 valence electrons. The number of hydrogen-bond acceptors (Lipinski definition) is 3. The highest BCUT2D eigenvalue weighted by atomic mass is 19.4. The van der Waals surface area contributed by atoms with Gasteiger partial charge in [0, 0.05) is 41.8 Å². The van der Waals surface area contributed by atoms with Crippen molar-refractivity contribution in [3.05, 3.63) is 35.5 Å². The van der Waals surface area contributed by atoms with E-state index in [0.29, 0.717) is 12.5 Å². The largest absolute Gasteiger partial charge is 0.411 e. The molecule has 2 saturated heterocycles. The maximum atomic E-state index is 13.2. The first-order chi connectivity index (χ1) is 16.6. The number of aryl methyl sites for hydroxylation is 1. The Morgan fingerprint density at radius 3 is 2.37 bits per heavy atom. The van der Waals surface area contributed by atoms with Crippen molar-refractivity contribution < 1.29 is 22.8 Å². The zero-order valence-corrected chi connectivity index (χ0v) is 20.3. The van der Waals surface area contributed by atoms with Gasteiger partial charge in [-0.1, -0.05) is 18.2 Å². The molecular weight excluding hydrogens is 457 g/mol. The molecule has 6 nitrogen and oxygen atoms in total. The summed E-state index contributed by atoms with van der Waals surface area (Å²) in [5.74, 6) is -0.311. The Hall–Kier alpha value is -2.55. The zero-order valence-electron chi connectivity index (χ0n) is 20.3. The fourth-order valence-electron chi connectivity index (χ4n) is 6.34. The number of nitrogens with one attached hydrogen (secondary N) is 2. The molecule has 0 spiro atoms. The Kier molecular flexibility index (Phi) is 6.10. The van der Waals surface area contributed by atoms with Crippen molar-refractivity contribution in [2.45, 2.75) is 82.7 Å². The molecule has 2 aliphatic heterocycles. The van der Waals surface area contributed by atoms with E-state index in [4.69, 9.17) is 0 Å². The van der Waals surface area contributed by atoms with E-state index in [-0.39, 0.29) is 37.4 Å². The molecule has 1 aromatic heterocycles. The number of alkyl halides is 3. The third-order valence-electron chi connectivity index (χ3n) is 8.30. The molecular formula is C26H33F3N4O2. The van der Waals surface area contributed by atoms with Gasteiger partial charge >= 0.3 is 6.18 Å². The summed E-state index contributed by atoms with van der Waals surface area (Å²) in [7, 11) is 0. The molecule has 9 heteroatoms. The lowest BCUT2D eigenvalue weighted by Gasteiger charge is -2.39. The van der Waals surface area contributed by atoms with E-state index in [1.165, 1.54) is 0 Å². The van der Waals surface area contributed by atoms with Gasteiger partial charge in [-0.05, 0) is 64.4 Å². The standard InChI is InChI=1S/C26H33F3N4O2/c1-3-32-16(2)23(20-6-4-5-7-21(20)32)24(35)30-14-17-12-18-8-9-19(13-17)33(18)15-22(34)31-25(10-11-25)26(27,28)29/h4-7,17-19H,3,8-15H2,1-2H3,(H,30,35)(H,31,34)/t17-,18-,19+. The first-order valence-corrected chi connectivity index (χ1v) is 12.6. The Morgan fingerprint density at radius 2 is 1.77 bits per heavy atom. The monoisotopic (exact) mass is 490 g/mol. The molecule has 0 unspecified atom stereocenters. The fraction of sp³-hybridized carbons (Fsp3) is 0.615. The maximum absolute atomic E-state index is 13.2. The second-order valence-electron chi connectivity index (χ2n) is 10.5. The molecule has 2 bridgehead atoms. The number of piperidine rings is 1. The number of fused-ring (bicyclic) bond motifs is 3. The van der Waals surface area contributed by atoms with Gasteiger partial charge in [-0.15, -0.1) is 0 Å². The van der Waals surface area contributed by atoms with E-state index in [1.807, 2.05) is 31.2 Å². The molecule has 3 atom stereocenters. The first kappa shape index (κ1) is 24.2. The average molecular weight is 491 g/mol. The van der Waals surface area contributed by atoms with Gasteiger partial charge in [-0.3, -0.25) is 14.5 Å². The van der Waals surface area contributed by atoms with E-state index in [9.17, 15) is 22.8 Å². The van der Waals surface area contributed by atoms with Crippen LogP contribution in [0.1, 0.15) is 61.5 Å². The molecule has 1 saturated carbocycles.